The molecule has 2 aromatic carbocycles. The van der Waals surface area contributed by atoms with E-state index in [0.717, 1.165) is 15.6 Å². The highest BCUT2D eigenvalue weighted by Crippen LogP contribution is 2.31. The maximum absolute atomic E-state index is 12.5. The van der Waals surface area contributed by atoms with Gasteiger partial charge in [0.2, 0.25) is 0 Å². The Bertz CT molecular complexity index is 688. The SMILES string of the molecule is CC[C@H](NC(=O)c1ccccc1I)c1ccc(OC)c(OC)c1. The van der Waals surface area contributed by atoms with Gasteiger partial charge in [-0.2, -0.15) is 0 Å². The highest BCUT2D eigenvalue weighted by molar-refractivity contribution is 14.1. The predicted molar refractivity (Wildman–Crippen MR) is 99.2 cm³/mol. The first kappa shape index (κ1) is 17.6. The van der Waals surface area contributed by atoms with Crippen LogP contribution in [0.1, 0.15) is 35.3 Å². The highest BCUT2D eigenvalue weighted by atomic mass is 127. The first-order valence-corrected chi connectivity index (χ1v) is 8.45. The molecular weight excluding hydrogens is 405 g/mol. The maximum atomic E-state index is 12.5. The van der Waals surface area contributed by atoms with Crippen molar-refractivity contribution < 1.29 is 14.3 Å². The van der Waals surface area contributed by atoms with Crippen molar-refractivity contribution in [2.45, 2.75) is 19.4 Å². The predicted octanol–water partition coefficient (Wildman–Crippen LogP) is 4.19. The molecule has 0 bridgehead atoms. The molecule has 0 aliphatic rings. The minimum atomic E-state index is -0.0849. The van der Waals surface area contributed by atoms with Crippen LogP contribution in [0.4, 0.5) is 0 Å². The Morgan fingerprint density at radius 2 is 1.83 bits per heavy atom. The first-order chi connectivity index (χ1) is 11.1. The van der Waals surface area contributed by atoms with Gasteiger partial charge >= 0.3 is 0 Å². The smallest absolute Gasteiger partial charge is 0.252 e. The molecule has 0 fully saturated rings. The molecular formula is C18H20INO3. The Morgan fingerprint density at radius 1 is 1.13 bits per heavy atom. The Morgan fingerprint density at radius 3 is 2.43 bits per heavy atom. The number of carbonyl (C=O) groups is 1. The molecule has 2 rings (SSSR count). The third kappa shape index (κ3) is 4.16. The molecule has 23 heavy (non-hydrogen) atoms. The van der Waals surface area contributed by atoms with E-state index in [1.165, 1.54) is 0 Å². The lowest BCUT2D eigenvalue weighted by molar-refractivity contribution is 0.0934. The third-order valence-corrected chi connectivity index (χ3v) is 4.58. The molecule has 0 heterocycles. The van der Waals surface area contributed by atoms with E-state index in [-0.39, 0.29) is 11.9 Å². The van der Waals surface area contributed by atoms with Crippen molar-refractivity contribution in [2.75, 3.05) is 14.2 Å². The number of carbonyl (C=O) groups excluding carboxylic acids is 1. The van der Waals surface area contributed by atoms with E-state index in [1.54, 1.807) is 14.2 Å². The fraction of sp³-hybridized carbons (Fsp3) is 0.278. The van der Waals surface area contributed by atoms with E-state index >= 15 is 0 Å². The highest BCUT2D eigenvalue weighted by Gasteiger charge is 2.17. The van der Waals surface area contributed by atoms with E-state index in [1.807, 2.05) is 49.4 Å². The Balaban J connectivity index is 2.23. The molecule has 0 aromatic heterocycles. The van der Waals surface area contributed by atoms with E-state index in [4.69, 9.17) is 9.47 Å². The van der Waals surface area contributed by atoms with Gasteiger partial charge in [0.25, 0.3) is 5.91 Å². The summed E-state index contributed by atoms with van der Waals surface area (Å²) in [5.41, 5.74) is 1.68. The topological polar surface area (TPSA) is 47.6 Å². The Kier molecular flexibility index (Phi) is 6.27. The molecule has 2 aromatic rings. The number of rotatable bonds is 6. The minimum absolute atomic E-state index is 0.0726. The van der Waals surface area contributed by atoms with Crippen LogP contribution < -0.4 is 14.8 Å². The largest absolute Gasteiger partial charge is 0.493 e. The lowest BCUT2D eigenvalue weighted by atomic mass is 10.0. The van der Waals surface area contributed by atoms with Gasteiger partial charge in [0, 0.05) is 3.57 Å². The zero-order valence-electron chi connectivity index (χ0n) is 13.4. The van der Waals surface area contributed by atoms with E-state index in [2.05, 4.69) is 27.9 Å². The van der Waals surface area contributed by atoms with Crippen LogP contribution in [0, 0.1) is 3.57 Å². The maximum Gasteiger partial charge on any atom is 0.252 e. The lowest BCUT2D eigenvalue weighted by Crippen LogP contribution is -2.28. The van der Waals surface area contributed by atoms with Crippen LogP contribution >= 0.6 is 22.6 Å². The molecule has 1 atom stereocenters. The fourth-order valence-corrected chi connectivity index (χ4v) is 3.00. The number of halogens is 1. The molecule has 0 aliphatic carbocycles. The molecule has 0 saturated heterocycles. The summed E-state index contributed by atoms with van der Waals surface area (Å²) in [7, 11) is 3.21. The van der Waals surface area contributed by atoms with Crippen molar-refractivity contribution in [3.05, 3.63) is 57.2 Å². The second-order valence-corrected chi connectivity index (χ2v) is 6.19. The standard InChI is InChI=1S/C18H20INO3/c1-4-15(12-9-10-16(22-2)17(11-12)23-3)20-18(21)13-7-5-6-8-14(13)19/h5-11,15H,4H2,1-3H3,(H,20,21)/t15-/m0/s1. The summed E-state index contributed by atoms with van der Waals surface area (Å²) >= 11 is 2.17. The van der Waals surface area contributed by atoms with Crippen LogP contribution in [0.3, 0.4) is 0 Å². The molecule has 0 saturated carbocycles. The van der Waals surface area contributed by atoms with Crippen LogP contribution in [-0.2, 0) is 0 Å². The number of hydrogen-bond donors (Lipinski definition) is 1. The summed E-state index contributed by atoms with van der Waals surface area (Å²) in [6.45, 7) is 2.04. The molecule has 5 heteroatoms. The van der Waals surface area contributed by atoms with Gasteiger partial charge in [-0.1, -0.05) is 25.1 Å². The van der Waals surface area contributed by atoms with Gasteiger partial charge in [0.05, 0.1) is 25.8 Å². The van der Waals surface area contributed by atoms with E-state index in [9.17, 15) is 4.79 Å². The number of hydrogen-bond acceptors (Lipinski definition) is 3. The van der Waals surface area contributed by atoms with E-state index in [0.29, 0.717) is 17.1 Å². The fourth-order valence-electron chi connectivity index (χ4n) is 2.37. The molecule has 0 spiro atoms. The van der Waals surface area contributed by atoms with Crippen molar-refractivity contribution in [1.82, 2.24) is 5.32 Å². The van der Waals surface area contributed by atoms with Gasteiger partial charge in [0.15, 0.2) is 11.5 Å². The molecule has 0 aliphatic heterocycles. The van der Waals surface area contributed by atoms with Crippen molar-refractivity contribution in [1.29, 1.82) is 0 Å². The monoisotopic (exact) mass is 425 g/mol. The molecule has 1 N–H and O–H groups in total. The third-order valence-electron chi connectivity index (χ3n) is 3.64. The van der Waals surface area contributed by atoms with Crippen LogP contribution in [0.5, 0.6) is 11.5 Å². The summed E-state index contributed by atoms with van der Waals surface area (Å²) in [5, 5.41) is 3.09. The second-order valence-electron chi connectivity index (χ2n) is 5.03. The molecule has 0 unspecified atom stereocenters. The van der Waals surface area contributed by atoms with E-state index < -0.39 is 0 Å². The van der Waals surface area contributed by atoms with Crippen LogP contribution in [-0.4, -0.2) is 20.1 Å². The average Bonchev–Trinajstić information content (AvgIpc) is 2.59. The van der Waals surface area contributed by atoms with Crippen LogP contribution in [0.2, 0.25) is 0 Å². The summed E-state index contributed by atoms with van der Waals surface area (Å²) in [6, 6.07) is 13.2. The number of amides is 1. The second kappa shape index (κ2) is 8.19. The molecule has 122 valence electrons. The molecule has 0 radical (unpaired) electrons. The van der Waals surface area contributed by atoms with Crippen molar-refractivity contribution >= 4 is 28.5 Å². The Labute approximate surface area is 150 Å². The number of ether oxygens (including phenoxy) is 2. The van der Waals surface area contributed by atoms with Gasteiger partial charge in [-0.15, -0.1) is 0 Å². The number of nitrogens with one attached hydrogen (secondary N) is 1. The summed E-state index contributed by atoms with van der Waals surface area (Å²) in [6.07, 6.45) is 0.782. The van der Waals surface area contributed by atoms with Crippen molar-refractivity contribution in [3.63, 3.8) is 0 Å². The van der Waals surface area contributed by atoms with Gasteiger partial charge in [0.1, 0.15) is 0 Å². The Hall–Kier alpha value is -1.76. The van der Waals surface area contributed by atoms with Gasteiger partial charge in [-0.3, -0.25) is 4.79 Å². The zero-order valence-corrected chi connectivity index (χ0v) is 15.6. The van der Waals surface area contributed by atoms with Gasteiger partial charge in [-0.05, 0) is 58.8 Å². The normalized spacial score (nSPS) is 11.7. The van der Waals surface area contributed by atoms with Crippen LogP contribution in [0.25, 0.3) is 0 Å². The van der Waals surface area contributed by atoms with Gasteiger partial charge < -0.3 is 14.8 Å². The summed E-state index contributed by atoms with van der Waals surface area (Å²) < 4.78 is 11.5. The van der Waals surface area contributed by atoms with Gasteiger partial charge in [-0.25, -0.2) is 0 Å². The van der Waals surface area contributed by atoms with Crippen LogP contribution in [0.15, 0.2) is 42.5 Å². The zero-order chi connectivity index (χ0) is 16.8. The quantitative estimate of drug-likeness (QED) is 0.707. The number of benzene rings is 2. The summed E-state index contributed by atoms with van der Waals surface area (Å²) in [4.78, 5) is 12.5. The first-order valence-electron chi connectivity index (χ1n) is 7.38. The summed E-state index contributed by atoms with van der Waals surface area (Å²) in [5.74, 6) is 1.26. The van der Waals surface area contributed by atoms with Crippen molar-refractivity contribution in [3.8, 4) is 11.5 Å². The minimum Gasteiger partial charge on any atom is -0.493 e. The molecule has 1 amide bonds. The average molecular weight is 425 g/mol. The number of methoxy groups -OCH3 is 2. The lowest BCUT2D eigenvalue weighted by Gasteiger charge is -2.19. The van der Waals surface area contributed by atoms with Crippen molar-refractivity contribution in [2.24, 2.45) is 0 Å². The molecule has 4 nitrogen and oxygen atoms in total.